The molecule has 0 radical (unpaired) electrons. The summed E-state index contributed by atoms with van der Waals surface area (Å²) in [5.41, 5.74) is 2.52. The summed E-state index contributed by atoms with van der Waals surface area (Å²) in [5.74, 6) is 1.09. The third kappa shape index (κ3) is 2.08. The van der Waals surface area contributed by atoms with Crippen molar-refractivity contribution in [3.8, 4) is 0 Å². The first-order valence-corrected chi connectivity index (χ1v) is 6.45. The van der Waals surface area contributed by atoms with Crippen LogP contribution in [0.15, 0.2) is 60.7 Å². The van der Waals surface area contributed by atoms with Gasteiger partial charge in [0.1, 0.15) is 6.29 Å². The largest absolute Gasteiger partial charge is 0.303 e. The highest BCUT2D eigenvalue weighted by atomic mass is 16.1. The minimum Gasteiger partial charge on any atom is -0.303 e. The Morgan fingerprint density at radius 3 is 2.17 bits per heavy atom. The van der Waals surface area contributed by atoms with E-state index >= 15 is 0 Å². The molecule has 0 aliphatic heterocycles. The number of carbonyl (C=O) groups is 1. The summed E-state index contributed by atoms with van der Waals surface area (Å²) in [4.78, 5) is 11.4. The van der Waals surface area contributed by atoms with Crippen molar-refractivity contribution in [1.29, 1.82) is 0 Å². The van der Waals surface area contributed by atoms with Crippen molar-refractivity contribution >= 4 is 6.29 Å². The summed E-state index contributed by atoms with van der Waals surface area (Å²) in [5, 5.41) is 0. The quantitative estimate of drug-likeness (QED) is 0.738. The first-order valence-electron chi connectivity index (χ1n) is 6.45. The van der Waals surface area contributed by atoms with Crippen LogP contribution in [0.4, 0.5) is 0 Å². The van der Waals surface area contributed by atoms with E-state index < -0.39 is 0 Å². The Kier molecular flexibility index (Phi) is 2.97. The van der Waals surface area contributed by atoms with Crippen LogP contribution in [0.5, 0.6) is 0 Å². The average molecular weight is 236 g/mol. The van der Waals surface area contributed by atoms with Crippen molar-refractivity contribution in [2.24, 2.45) is 5.92 Å². The molecule has 3 atom stereocenters. The van der Waals surface area contributed by atoms with E-state index in [4.69, 9.17) is 0 Å². The molecule has 1 aliphatic carbocycles. The van der Waals surface area contributed by atoms with Gasteiger partial charge < -0.3 is 4.79 Å². The second kappa shape index (κ2) is 4.77. The van der Waals surface area contributed by atoms with E-state index in [0.29, 0.717) is 11.8 Å². The van der Waals surface area contributed by atoms with Crippen LogP contribution in [0.1, 0.15) is 29.4 Å². The molecule has 3 rings (SSSR count). The van der Waals surface area contributed by atoms with E-state index in [9.17, 15) is 4.79 Å². The van der Waals surface area contributed by atoms with E-state index in [0.717, 1.165) is 18.3 Å². The third-order valence-electron chi connectivity index (χ3n) is 3.86. The highest BCUT2D eigenvalue weighted by Crippen LogP contribution is 2.54. The maximum Gasteiger partial charge on any atom is 0.127 e. The highest BCUT2D eigenvalue weighted by Gasteiger charge is 2.44. The molecule has 1 fully saturated rings. The van der Waals surface area contributed by atoms with Crippen LogP contribution in [0.2, 0.25) is 0 Å². The maximum absolute atomic E-state index is 11.4. The van der Waals surface area contributed by atoms with Crippen molar-refractivity contribution in [2.75, 3.05) is 0 Å². The van der Waals surface area contributed by atoms with Crippen LogP contribution in [-0.4, -0.2) is 6.29 Å². The van der Waals surface area contributed by atoms with Crippen molar-refractivity contribution in [3.05, 3.63) is 71.8 Å². The molecular formula is C17H16O. The van der Waals surface area contributed by atoms with Gasteiger partial charge in [0.25, 0.3) is 0 Å². The lowest BCUT2D eigenvalue weighted by Crippen LogP contribution is -2.03. The SMILES string of the molecule is O=CC(c1ccccc1)[C@@H]1C[C@H]1c1ccccc1. The molecule has 0 aromatic heterocycles. The molecule has 90 valence electrons. The fraction of sp³-hybridized carbons (Fsp3) is 0.235. The van der Waals surface area contributed by atoms with Crippen LogP contribution in [0.3, 0.4) is 0 Å². The zero-order valence-electron chi connectivity index (χ0n) is 10.2. The summed E-state index contributed by atoms with van der Waals surface area (Å²) in [7, 11) is 0. The summed E-state index contributed by atoms with van der Waals surface area (Å²) >= 11 is 0. The van der Waals surface area contributed by atoms with E-state index in [1.165, 1.54) is 5.56 Å². The van der Waals surface area contributed by atoms with Gasteiger partial charge in [0.05, 0.1) is 0 Å². The normalized spacial score (nSPS) is 23.3. The lowest BCUT2D eigenvalue weighted by Gasteiger charge is -2.10. The van der Waals surface area contributed by atoms with E-state index in [1.807, 2.05) is 24.3 Å². The summed E-state index contributed by atoms with van der Waals surface area (Å²) in [6, 6.07) is 20.6. The van der Waals surface area contributed by atoms with Crippen molar-refractivity contribution in [2.45, 2.75) is 18.3 Å². The summed E-state index contributed by atoms with van der Waals surface area (Å²) < 4.78 is 0. The molecule has 0 saturated heterocycles. The Morgan fingerprint density at radius 1 is 0.944 bits per heavy atom. The Balaban J connectivity index is 1.79. The molecule has 1 saturated carbocycles. The zero-order chi connectivity index (χ0) is 12.4. The molecule has 1 nitrogen and oxygen atoms in total. The van der Waals surface area contributed by atoms with Gasteiger partial charge in [-0.1, -0.05) is 60.7 Å². The number of rotatable bonds is 4. The Labute approximate surface area is 107 Å². The zero-order valence-corrected chi connectivity index (χ0v) is 10.2. The van der Waals surface area contributed by atoms with E-state index in [1.54, 1.807) is 0 Å². The van der Waals surface area contributed by atoms with Gasteiger partial charge in [0.15, 0.2) is 0 Å². The van der Waals surface area contributed by atoms with Crippen LogP contribution in [0.25, 0.3) is 0 Å². The summed E-state index contributed by atoms with van der Waals surface area (Å²) in [6.45, 7) is 0. The Hall–Kier alpha value is -1.89. The number of hydrogen-bond acceptors (Lipinski definition) is 1. The van der Waals surface area contributed by atoms with Crippen LogP contribution >= 0.6 is 0 Å². The Morgan fingerprint density at radius 2 is 1.56 bits per heavy atom. The molecule has 1 aliphatic rings. The van der Waals surface area contributed by atoms with Crippen molar-refractivity contribution in [3.63, 3.8) is 0 Å². The van der Waals surface area contributed by atoms with Gasteiger partial charge in [-0.2, -0.15) is 0 Å². The molecule has 1 heteroatoms. The lowest BCUT2D eigenvalue weighted by atomic mass is 9.93. The molecule has 0 bridgehead atoms. The summed E-state index contributed by atoms with van der Waals surface area (Å²) in [6.07, 6.45) is 2.24. The van der Waals surface area contributed by atoms with Gasteiger partial charge in [0, 0.05) is 5.92 Å². The van der Waals surface area contributed by atoms with Crippen LogP contribution in [0, 0.1) is 5.92 Å². The third-order valence-corrected chi connectivity index (χ3v) is 3.86. The number of benzene rings is 2. The van der Waals surface area contributed by atoms with Gasteiger partial charge in [-0.3, -0.25) is 0 Å². The van der Waals surface area contributed by atoms with Gasteiger partial charge in [-0.25, -0.2) is 0 Å². The van der Waals surface area contributed by atoms with Crippen LogP contribution < -0.4 is 0 Å². The number of aldehydes is 1. The van der Waals surface area contributed by atoms with Gasteiger partial charge in [0.2, 0.25) is 0 Å². The number of hydrogen-bond donors (Lipinski definition) is 0. The molecule has 0 heterocycles. The molecule has 2 aromatic carbocycles. The second-order valence-electron chi connectivity index (χ2n) is 4.99. The predicted molar refractivity (Wildman–Crippen MR) is 72.5 cm³/mol. The second-order valence-corrected chi connectivity index (χ2v) is 4.99. The number of carbonyl (C=O) groups excluding carboxylic acids is 1. The molecule has 1 unspecified atom stereocenters. The van der Waals surface area contributed by atoms with Gasteiger partial charge in [-0.05, 0) is 29.4 Å². The minimum atomic E-state index is 0.0522. The van der Waals surface area contributed by atoms with E-state index in [-0.39, 0.29) is 5.92 Å². The van der Waals surface area contributed by atoms with Gasteiger partial charge in [-0.15, -0.1) is 0 Å². The molecule has 2 aromatic rings. The topological polar surface area (TPSA) is 17.1 Å². The Bertz CT molecular complexity index is 518. The minimum absolute atomic E-state index is 0.0522. The first kappa shape index (κ1) is 11.2. The fourth-order valence-electron chi connectivity index (χ4n) is 2.80. The van der Waals surface area contributed by atoms with Gasteiger partial charge >= 0.3 is 0 Å². The highest BCUT2D eigenvalue weighted by molar-refractivity contribution is 5.64. The smallest absolute Gasteiger partial charge is 0.127 e. The molecular weight excluding hydrogens is 220 g/mol. The molecule has 18 heavy (non-hydrogen) atoms. The van der Waals surface area contributed by atoms with Crippen molar-refractivity contribution < 1.29 is 4.79 Å². The fourth-order valence-corrected chi connectivity index (χ4v) is 2.80. The van der Waals surface area contributed by atoms with Crippen molar-refractivity contribution in [1.82, 2.24) is 0 Å². The predicted octanol–water partition coefficient (Wildman–Crippen LogP) is 3.77. The monoisotopic (exact) mass is 236 g/mol. The van der Waals surface area contributed by atoms with Crippen LogP contribution in [-0.2, 0) is 4.79 Å². The van der Waals surface area contributed by atoms with E-state index in [2.05, 4.69) is 36.4 Å². The molecule has 0 spiro atoms. The molecule has 0 amide bonds. The first-order chi connectivity index (χ1) is 8.90. The lowest BCUT2D eigenvalue weighted by molar-refractivity contribution is -0.109. The standard InChI is InChI=1S/C17H16O/c18-12-17(14-9-5-2-6-10-14)16-11-15(16)13-7-3-1-4-8-13/h1-10,12,15-17H,11H2/t15-,16+,17?/m0/s1. The average Bonchev–Trinajstić information content (AvgIpc) is 3.22. The molecule has 0 N–H and O–H groups in total. The maximum atomic E-state index is 11.4.